The van der Waals surface area contributed by atoms with E-state index in [1.54, 1.807) is 29.1 Å². The molecule has 1 saturated heterocycles. The number of amides is 1. The third-order valence-corrected chi connectivity index (χ3v) is 7.97. The van der Waals surface area contributed by atoms with Gasteiger partial charge in [-0.1, -0.05) is 61.0 Å². The zero-order chi connectivity index (χ0) is 24.3. The molecule has 8 heteroatoms. The van der Waals surface area contributed by atoms with E-state index in [1.807, 2.05) is 60.7 Å². The molecule has 1 amide bonds. The largest absolute Gasteiger partial charge is 0.322 e. The van der Waals surface area contributed by atoms with Gasteiger partial charge in [0, 0.05) is 30.5 Å². The van der Waals surface area contributed by atoms with Crippen LogP contribution in [0.2, 0.25) is 0 Å². The Morgan fingerprint density at radius 3 is 2.23 bits per heavy atom. The molecule has 1 aromatic heterocycles. The van der Waals surface area contributed by atoms with Crippen LogP contribution in [0.5, 0.6) is 0 Å². The van der Waals surface area contributed by atoms with Gasteiger partial charge < -0.3 is 5.32 Å². The Morgan fingerprint density at radius 1 is 0.829 bits per heavy atom. The van der Waals surface area contributed by atoms with Gasteiger partial charge in [0.1, 0.15) is 5.69 Å². The van der Waals surface area contributed by atoms with Gasteiger partial charge in [-0.2, -0.15) is 9.40 Å². The average Bonchev–Trinajstić information content (AvgIpc) is 3.36. The van der Waals surface area contributed by atoms with E-state index in [0.717, 1.165) is 30.5 Å². The van der Waals surface area contributed by atoms with Crippen molar-refractivity contribution >= 4 is 21.6 Å². The Hall–Kier alpha value is -3.75. The predicted molar refractivity (Wildman–Crippen MR) is 136 cm³/mol. The molecule has 1 aliphatic heterocycles. The van der Waals surface area contributed by atoms with Gasteiger partial charge in [-0.15, -0.1) is 0 Å². The van der Waals surface area contributed by atoms with Gasteiger partial charge in [0.25, 0.3) is 5.91 Å². The van der Waals surface area contributed by atoms with Crippen molar-refractivity contribution in [3.05, 3.63) is 96.7 Å². The van der Waals surface area contributed by atoms with Crippen LogP contribution in [0.25, 0.3) is 16.9 Å². The smallest absolute Gasteiger partial charge is 0.259 e. The molecule has 1 N–H and O–H groups in total. The highest BCUT2D eigenvalue weighted by atomic mass is 32.2. The molecule has 1 aliphatic rings. The zero-order valence-electron chi connectivity index (χ0n) is 19.2. The summed E-state index contributed by atoms with van der Waals surface area (Å²) in [4.78, 5) is 13.6. The zero-order valence-corrected chi connectivity index (χ0v) is 20.0. The average molecular weight is 487 g/mol. The monoisotopic (exact) mass is 486 g/mol. The number of hydrogen-bond donors (Lipinski definition) is 1. The fraction of sp³-hybridized carbons (Fsp3) is 0.185. The number of sulfonamides is 1. The Morgan fingerprint density at radius 2 is 1.51 bits per heavy atom. The SMILES string of the molecule is O=C(Nc1cccc(S(=O)(=O)N2CCCCC2)c1)c1cn(-c2ccccc2)nc1-c1ccccc1. The topological polar surface area (TPSA) is 84.3 Å². The molecule has 0 radical (unpaired) electrons. The number of piperidine rings is 1. The van der Waals surface area contributed by atoms with Gasteiger partial charge in [0.05, 0.1) is 16.1 Å². The summed E-state index contributed by atoms with van der Waals surface area (Å²) >= 11 is 0. The van der Waals surface area contributed by atoms with Gasteiger partial charge in [-0.25, -0.2) is 13.1 Å². The minimum Gasteiger partial charge on any atom is -0.322 e. The number of carbonyl (C=O) groups is 1. The van der Waals surface area contributed by atoms with E-state index in [2.05, 4.69) is 10.4 Å². The number of benzene rings is 3. The number of aromatic nitrogens is 2. The highest BCUT2D eigenvalue weighted by Gasteiger charge is 2.26. The Labute approximate surface area is 205 Å². The van der Waals surface area contributed by atoms with Crippen molar-refractivity contribution in [2.75, 3.05) is 18.4 Å². The lowest BCUT2D eigenvalue weighted by Crippen LogP contribution is -2.35. The van der Waals surface area contributed by atoms with E-state index in [0.29, 0.717) is 30.0 Å². The molecule has 5 rings (SSSR count). The predicted octanol–water partition coefficient (Wildman–Crippen LogP) is 4.97. The number of nitrogens with zero attached hydrogens (tertiary/aromatic N) is 3. The molecule has 7 nitrogen and oxygen atoms in total. The quantitative estimate of drug-likeness (QED) is 0.417. The van der Waals surface area contributed by atoms with Crippen LogP contribution in [0.15, 0.2) is 96.0 Å². The van der Waals surface area contributed by atoms with Gasteiger partial charge in [-0.05, 0) is 43.2 Å². The summed E-state index contributed by atoms with van der Waals surface area (Å²) in [6.07, 6.45) is 4.47. The number of nitrogens with one attached hydrogen (secondary N) is 1. The Kier molecular flexibility index (Phi) is 6.48. The third kappa shape index (κ3) is 4.89. The lowest BCUT2D eigenvalue weighted by atomic mass is 10.1. The summed E-state index contributed by atoms with van der Waals surface area (Å²) in [5, 5.41) is 7.56. The normalized spacial score (nSPS) is 14.5. The van der Waals surface area contributed by atoms with Crippen LogP contribution >= 0.6 is 0 Å². The first-order valence-corrected chi connectivity index (χ1v) is 13.1. The molecule has 3 aromatic carbocycles. The highest BCUT2D eigenvalue weighted by molar-refractivity contribution is 7.89. The molecule has 0 bridgehead atoms. The summed E-state index contributed by atoms with van der Waals surface area (Å²) in [5.74, 6) is -0.362. The molecule has 1 fully saturated rings. The van der Waals surface area contributed by atoms with Gasteiger partial charge >= 0.3 is 0 Å². The molecule has 0 atom stereocenters. The number of carbonyl (C=O) groups excluding carboxylic acids is 1. The maximum atomic E-state index is 13.4. The van der Waals surface area contributed by atoms with Crippen molar-refractivity contribution in [2.45, 2.75) is 24.2 Å². The fourth-order valence-corrected chi connectivity index (χ4v) is 5.81. The second-order valence-electron chi connectivity index (χ2n) is 8.48. The van der Waals surface area contributed by atoms with Gasteiger partial charge in [0.15, 0.2) is 0 Å². The van der Waals surface area contributed by atoms with Crippen LogP contribution in [-0.4, -0.2) is 41.5 Å². The molecule has 35 heavy (non-hydrogen) atoms. The van der Waals surface area contributed by atoms with Gasteiger partial charge in [-0.3, -0.25) is 4.79 Å². The molecular weight excluding hydrogens is 460 g/mol. The van der Waals surface area contributed by atoms with Crippen molar-refractivity contribution in [3.8, 4) is 16.9 Å². The number of hydrogen-bond acceptors (Lipinski definition) is 4. The van der Waals surface area contributed by atoms with Crippen molar-refractivity contribution < 1.29 is 13.2 Å². The first-order valence-electron chi connectivity index (χ1n) is 11.6. The van der Waals surface area contributed by atoms with E-state index in [4.69, 9.17) is 0 Å². The molecule has 2 heterocycles. The second kappa shape index (κ2) is 9.85. The van der Waals surface area contributed by atoms with E-state index in [9.17, 15) is 13.2 Å². The number of anilines is 1. The molecule has 4 aromatic rings. The summed E-state index contributed by atoms with van der Waals surface area (Å²) in [6.45, 7) is 1.05. The highest BCUT2D eigenvalue weighted by Crippen LogP contribution is 2.26. The molecule has 0 spiro atoms. The minimum atomic E-state index is -3.60. The third-order valence-electron chi connectivity index (χ3n) is 6.07. The number of para-hydroxylation sites is 1. The standard InChI is InChI=1S/C27H26N4O3S/c32-27(28-22-13-10-16-24(19-22)35(33,34)30-17-8-3-9-18-30)25-20-31(23-14-6-2-7-15-23)29-26(25)21-11-4-1-5-12-21/h1-2,4-7,10-16,19-20H,3,8-9,17-18H2,(H,28,32). The summed E-state index contributed by atoms with van der Waals surface area (Å²) in [7, 11) is -3.60. The van der Waals surface area contributed by atoms with Crippen LogP contribution in [0, 0.1) is 0 Å². The molecule has 0 aliphatic carbocycles. The van der Waals surface area contributed by atoms with Crippen molar-refractivity contribution in [2.24, 2.45) is 0 Å². The van der Waals surface area contributed by atoms with E-state index < -0.39 is 10.0 Å². The fourth-order valence-electron chi connectivity index (χ4n) is 4.25. The molecule has 0 unspecified atom stereocenters. The van der Waals surface area contributed by atoms with Crippen LogP contribution in [-0.2, 0) is 10.0 Å². The van der Waals surface area contributed by atoms with E-state index >= 15 is 0 Å². The second-order valence-corrected chi connectivity index (χ2v) is 10.4. The Balaban J connectivity index is 1.46. The molecule has 0 saturated carbocycles. The lowest BCUT2D eigenvalue weighted by Gasteiger charge is -2.26. The van der Waals surface area contributed by atoms with E-state index in [1.165, 1.54) is 10.4 Å². The van der Waals surface area contributed by atoms with E-state index in [-0.39, 0.29) is 10.8 Å². The first-order chi connectivity index (χ1) is 17.0. The molecular formula is C27H26N4O3S. The van der Waals surface area contributed by atoms with Gasteiger partial charge in [0.2, 0.25) is 10.0 Å². The minimum absolute atomic E-state index is 0.181. The summed E-state index contributed by atoms with van der Waals surface area (Å²) < 4.78 is 29.4. The van der Waals surface area contributed by atoms with Crippen molar-refractivity contribution in [1.29, 1.82) is 0 Å². The summed E-state index contributed by atoms with van der Waals surface area (Å²) in [6, 6.07) is 25.5. The Bertz CT molecular complexity index is 1430. The maximum absolute atomic E-state index is 13.4. The lowest BCUT2D eigenvalue weighted by molar-refractivity contribution is 0.102. The van der Waals surface area contributed by atoms with Crippen molar-refractivity contribution in [3.63, 3.8) is 0 Å². The molecule has 178 valence electrons. The van der Waals surface area contributed by atoms with Crippen molar-refractivity contribution in [1.82, 2.24) is 14.1 Å². The van der Waals surface area contributed by atoms with Crippen LogP contribution in [0.3, 0.4) is 0 Å². The summed E-state index contributed by atoms with van der Waals surface area (Å²) in [5.41, 5.74) is 3.00. The number of rotatable bonds is 6. The first kappa shape index (κ1) is 23.0. The maximum Gasteiger partial charge on any atom is 0.259 e. The van der Waals surface area contributed by atoms with Crippen LogP contribution < -0.4 is 5.32 Å². The van der Waals surface area contributed by atoms with Crippen LogP contribution in [0.1, 0.15) is 29.6 Å². The van der Waals surface area contributed by atoms with Crippen LogP contribution in [0.4, 0.5) is 5.69 Å².